The molecule has 0 saturated carbocycles. The maximum absolute atomic E-state index is 12.9. The monoisotopic (exact) mass is 297 g/mol. The molecule has 1 aliphatic rings. The van der Waals surface area contributed by atoms with Crippen LogP contribution in [0.1, 0.15) is 30.3 Å². The number of aromatic nitrogens is 1. The van der Waals surface area contributed by atoms with E-state index in [9.17, 15) is 9.59 Å². The molecule has 2 aromatic rings. The van der Waals surface area contributed by atoms with Crippen LogP contribution in [0, 0.1) is 5.92 Å². The molecule has 3 rings (SSSR count). The first-order chi connectivity index (χ1) is 10.6. The van der Waals surface area contributed by atoms with Crippen molar-refractivity contribution in [1.29, 1.82) is 0 Å². The molecule has 1 fully saturated rings. The lowest BCUT2D eigenvalue weighted by Crippen LogP contribution is -2.48. The molecule has 0 aliphatic carbocycles. The van der Waals surface area contributed by atoms with Crippen LogP contribution >= 0.6 is 0 Å². The van der Waals surface area contributed by atoms with E-state index in [0.29, 0.717) is 12.2 Å². The van der Waals surface area contributed by atoms with Crippen molar-refractivity contribution in [1.82, 2.24) is 9.88 Å². The zero-order chi connectivity index (χ0) is 15.7. The topological polar surface area (TPSA) is 76.3 Å². The second-order valence-electron chi connectivity index (χ2n) is 5.86. The quantitative estimate of drug-likeness (QED) is 0.920. The van der Waals surface area contributed by atoms with Gasteiger partial charge in [0.25, 0.3) is 5.91 Å². The molecule has 2 N–H and O–H groups in total. The predicted molar refractivity (Wildman–Crippen MR) is 84.2 cm³/mol. The molecule has 0 unspecified atom stereocenters. The normalized spacial score (nSPS) is 21.8. The van der Waals surface area contributed by atoms with Gasteiger partial charge in [0.15, 0.2) is 0 Å². The summed E-state index contributed by atoms with van der Waals surface area (Å²) in [6, 6.07) is 9.66. The number of piperidine rings is 1. The molecule has 114 valence electrons. The van der Waals surface area contributed by atoms with Gasteiger partial charge >= 0.3 is 0 Å². The summed E-state index contributed by atoms with van der Waals surface area (Å²) in [4.78, 5) is 30.4. The maximum atomic E-state index is 12.9. The Morgan fingerprint density at radius 1 is 1.23 bits per heavy atom. The third-order valence-electron chi connectivity index (χ3n) is 4.42. The van der Waals surface area contributed by atoms with Crippen LogP contribution in [0.2, 0.25) is 0 Å². The highest BCUT2D eigenvalue weighted by Crippen LogP contribution is 2.25. The number of nitrogens with zero attached hydrogens (tertiary/aromatic N) is 2. The van der Waals surface area contributed by atoms with Gasteiger partial charge in [0.05, 0.1) is 5.92 Å². The van der Waals surface area contributed by atoms with Crippen LogP contribution in [-0.2, 0) is 4.79 Å². The summed E-state index contributed by atoms with van der Waals surface area (Å²) in [6.07, 6.45) is 3.17. The minimum absolute atomic E-state index is 0.0869. The van der Waals surface area contributed by atoms with Crippen molar-refractivity contribution in [3.8, 4) is 0 Å². The van der Waals surface area contributed by atoms with Crippen molar-refractivity contribution < 1.29 is 9.59 Å². The first-order valence-corrected chi connectivity index (χ1v) is 7.52. The van der Waals surface area contributed by atoms with Crippen molar-refractivity contribution in [2.24, 2.45) is 11.7 Å². The zero-order valence-corrected chi connectivity index (χ0v) is 12.5. The Morgan fingerprint density at radius 2 is 2.00 bits per heavy atom. The van der Waals surface area contributed by atoms with E-state index >= 15 is 0 Å². The number of benzene rings is 1. The number of amides is 2. The molecule has 1 aliphatic heterocycles. The molecule has 0 radical (unpaired) electrons. The highest BCUT2D eigenvalue weighted by molar-refractivity contribution is 6.05. The average Bonchev–Trinajstić information content (AvgIpc) is 2.54. The Bertz CT molecular complexity index is 723. The first kappa shape index (κ1) is 14.5. The number of carbonyl (C=O) groups is 2. The molecule has 22 heavy (non-hydrogen) atoms. The molecular weight excluding hydrogens is 278 g/mol. The number of likely N-dealkylation sites (tertiary alicyclic amines) is 1. The molecule has 1 aromatic heterocycles. The Labute approximate surface area is 129 Å². The number of nitrogens with two attached hydrogens (primary N) is 1. The van der Waals surface area contributed by atoms with Gasteiger partial charge in [-0.05, 0) is 31.2 Å². The Balaban J connectivity index is 1.96. The molecule has 2 amide bonds. The SMILES string of the molecule is C[C@H]1CC[C@@H](C(N)=O)CN1C(=O)c1nccc2ccccc12. The van der Waals surface area contributed by atoms with Crippen molar-refractivity contribution in [3.63, 3.8) is 0 Å². The van der Waals surface area contributed by atoms with Crippen LogP contribution in [0.4, 0.5) is 0 Å². The highest BCUT2D eigenvalue weighted by atomic mass is 16.2. The second-order valence-corrected chi connectivity index (χ2v) is 5.86. The molecule has 1 saturated heterocycles. The van der Waals surface area contributed by atoms with Gasteiger partial charge in [-0.3, -0.25) is 14.6 Å². The zero-order valence-electron chi connectivity index (χ0n) is 12.5. The van der Waals surface area contributed by atoms with E-state index in [4.69, 9.17) is 5.73 Å². The summed E-state index contributed by atoms with van der Waals surface area (Å²) in [5.41, 5.74) is 5.85. The molecule has 0 bridgehead atoms. The van der Waals surface area contributed by atoms with Crippen LogP contribution < -0.4 is 5.73 Å². The molecule has 5 nitrogen and oxygen atoms in total. The number of hydrogen-bond acceptors (Lipinski definition) is 3. The summed E-state index contributed by atoms with van der Waals surface area (Å²) in [5.74, 6) is -0.735. The van der Waals surface area contributed by atoms with Gasteiger partial charge in [0, 0.05) is 24.2 Å². The fourth-order valence-electron chi connectivity index (χ4n) is 3.05. The van der Waals surface area contributed by atoms with E-state index < -0.39 is 0 Å². The van der Waals surface area contributed by atoms with Crippen LogP contribution in [0.3, 0.4) is 0 Å². The number of fused-ring (bicyclic) bond motifs is 1. The third-order valence-corrected chi connectivity index (χ3v) is 4.42. The maximum Gasteiger partial charge on any atom is 0.273 e. The Hall–Kier alpha value is -2.43. The van der Waals surface area contributed by atoms with Gasteiger partial charge in [-0.1, -0.05) is 24.3 Å². The lowest BCUT2D eigenvalue weighted by Gasteiger charge is -2.36. The largest absolute Gasteiger partial charge is 0.369 e. The number of primary amides is 1. The number of carbonyl (C=O) groups excluding carboxylic acids is 2. The highest BCUT2D eigenvalue weighted by Gasteiger charge is 2.33. The molecule has 5 heteroatoms. The molecule has 2 heterocycles. The molecular formula is C17H19N3O2. The Morgan fingerprint density at radius 3 is 2.77 bits per heavy atom. The summed E-state index contributed by atoms with van der Waals surface area (Å²) in [5, 5.41) is 1.82. The first-order valence-electron chi connectivity index (χ1n) is 7.52. The standard InChI is InChI=1S/C17H19N3O2/c1-11-6-7-13(16(18)21)10-20(11)17(22)15-14-5-3-2-4-12(14)8-9-19-15/h2-5,8-9,11,13H,6-7,10H2,1H3,(H2,18,21)/t11-,13+/m0/s1. The fraction of sp³-hybridized carbons (Fsp3) is 0.353. The molecule has 0 spiro atoms. The Kier molecular flexibility index (Phi) is 3.79. The summed E-state index contributed by atoms with van der Waals surface area (Å²) >= 11 is 0. The van der Waals surface area contributed by atoms with Gasteiger partial charge in [-0.2, -0.15) is 0 Å². The van der Waals surface area contributed by atoms with Gasteiger partial charge in [-0.25, -0.2) is 0 Å². The van der Waals surface area contributed by atoms with E-state index in [1.807, 2.05) is 37.3 Å². The van der Waals surface area contributed by atoms with Crippen LogP contribution in [0.5, 0.6) is 0 Å². The van der Waals surface area contributed by atoms with E-state index in [1.54, 1.807) is 11.1 Å². The summed E-state index contributed by atoms with van der Waals surface area (Å²) in [6.45, 7) is 2.38. The predicted octanol–water partition coefficient (Wildman–Crippen LogP) is 1.96. The van der Waals surface area contributed by atoms with Crippen LogP contribution in [0.25, 0.3) is 10.8 Å². The van der Waals surface area contributed by atoms with E-state index in [0.717, 1.165) is 23.6 Å². The van der Waals surface area contributed by atoms with Gasteiger partial charge in [0.2, 0.25) is 5.91 Å². The molecule has 1 aromatic carbocycles. The lowest BCUT2D eigenvalue weighted by molar-refractivity contribution is -0.123. The smallest absolute Gasteiger partial charge is 0.273 e. The van der Waals surface area contributed by atoms with Gasteiger partial charge < -0.3 is 10.6 Å². The third kappa shape index (κ3) is 2.54. The number of pyridine rings is 1. The lowest BCUT2D eigenvalue weighted by atomic mass is 9.92. The fourth-order valence-corrected chi connectivity index (χ4v) is 3.05. The average molecular weight is 297 g/mol. The number of hydrogen-bond donors (Lipinski definition) is 1. The van der Waals surface area contributed by atoms with Gasteiger partial charge in [0.1, 0.15) is 5.69 Å². The van der Waals surface area contributed by atoms with Crippen LogP contribution in [0.15, 0.2) is 36.5 Å². The van der Waals surface area contributed by atoms with Crippen LogP contribution in [-0.4, -0.2) is 34.3 Å². The van der Waals surface area contributed by atoms with Crippen molar-refractivity contribution in [3.05, 3.63) is 42.2 Å². The van der Waals surface area contributed by atoms with E-state index in [-0.39, 0.29) is 23.8 Å². The van der Waals surface area contributed by atoms with Crippen molar-refractivity contribution in [2.45, 2.75) is 25.8 Å². The minimum Gasteiger partial charge on any atom is -0.369 e. The number of rotatable bonds is 2. The second kappa shape index (κ2) is 5.75. The van der Waals surface area contributed by atoms with Crippen molar-refractivity contribution >= 4 is 22.6 Å². The van der Waals surface area contributed by atoms with Crippen molar-refractivity contribution in [2.75, 3.05) is 6.54 Å². The van der Waals surface area contributed by atoms with Gasteiger partial charge in [-0.15, -0.1) is 0 Å². The van der Waals surface area contributed by atoms with E-state index in [2.05, 4.69) is 4.98 Å². The van der Waals surface area contributed by atoms with E-state index in [1.165, 1.54) is 0 Å². The summed E-state index contributed by atoms with van der Waals surface area (Å²) < 4.78 is 0. The molecule has 2 atom stereocenters. The summed E-state index contributed by atoms with van der Waals surface area (Å²) in [7, 11) is 0. The minimum atomic E-state index is -0.337.